The van der Waals surface area contributed by atoms with Gasteiger partial charge < -0.3 is 10.1 Å². The number of nitrogens with one attached hydrogen (secondary N) is 1. The minimum absolute atomic E-state index is 0. The largest absolute Gasteiger partial charge is 0.462 e. The summed E-state index contributed by atoms with van der Waals surface area (Å²) in [5.74, 6) is -0.269. The topological polar surface area (TPSA) is 38.3 Å². The van der Waals surface area contributed by atoms with Crippen LogP contribution in [0.3, 0.4) is 0 Å². The summed E-state index contributed by atoms with van der Waals surface area (Å²) >= 11 is 0. The number of halogens is 1. The molecule has 0 radical (unpaired) electrons. The van der Waals surface area contributed by atoms with Crippen LogP contribution in [0.2, 0.25) is 0 Å². The van der Waals surface area contributed by atoms with Gasteiger partial charge in [-0.25, -0.2) is 4.79 Å². The van der Waals surface area contributed by atoms with E-state index < -0.39 is 0 Å². The molecule has 0 fully saturated rings. The van der Waals surface area contributed by atoms with Gasteiger partial charge in [0.1, 0.15) is 0 Å². The summed E-state index contributed by atoms with van der Waals surface area (Å²) in [6.45, 7) is 5.14. The van der Waals surface area contributed by atoms with Crippen molar-refractivity contribution in [2.45, 2.75) is 26.4 Å². The normalized spacial score (nSPS) is 11.4. The predicted octanol–water partition coefficient (Wildman–Crippen LogP) is 4.14. The molecule has 0 bridgehead atoms. The Kier molecular flexibility index (Phi) is 7.64. The third-order valence-corrected chi connectivity index (χ3v) is 3.38. The third kappa shape index (κ3) is 5.17. The minimum Gasteiger partial charge on any atom is -0.462 e. The molecule has 2 rings (SSSR count). The molecule has 3 nitrogen and oxygen atoms in total. The van der Waals surface area contributed by atoms with Gasteiger partial charge in [-0.2, -0.15) is 0 Å². The molecule has 0 aliphatic heterocycles. The van der Waals surface area contributed by atoms with E-state index in [9.17, 15) is 4.79 Å². The standard InChI is InChI=1S/C18H21NO2.ClH/c1-3-21-18(20)17-11-9-16(10-12-17)14(2)19-13-15-7-5-4-6-8-15;/h4-12,14,19H,3,13H2,1-2H3;1H/t14-;/m0./s1. The van der Waals surface area contributed by atoms with Crippen LogP contribution in [0.25, 0.3) is 0 Å². The molecule has 0 aromatic heterocycles. The van der Waals surface area contributed by atoms with Crippen molar-refractivity contribution in [1.82, 2.24) is 5.32 Å². The van der Waals surface area contributed by atoms with Crippen molar-refractivity contribution >= 4 is 18.4 Å². The molecule has 22 heavy (non-hydrogen) atoms. The van der Waals surface area contributed by atoms with Crippen molar-refractivity contribution < 1.29 is 9.53 Å². The van der Waals surface area contributed by atoms with Gasteiger partial charge in [-0.1, -0.05) is 42.5 Å². The van der Waals surface area contributed by atoms with Gasteiger partial charge in [0, 0.05) is 12.6 Å². The first-order valence-electron chi connectivity index (χ1n) is 7.25. The lowest BCUT2D eigenvalue weighted by Crippen LogP contribution is -2.18. The number of carbonyl (C=O) groups excluding carboxylic acids is 1. The van der Waals surface area contributed by atoms with E-state index >= 15 is 0 Å². The monoisotopic (exact) mass is 319 g/mol. The van der Waals surface area contributed by atoms with Gasteiger partial charge in [-0.15, -0.1) is 12.4 Å². The van der Waals surface area contributed by atoms with Crippen LogP contribution < -0.4 is 5.32 Å². The molecule has 2 aromatic carbocycles. The zero-order valence-electron chi connectivity index (χ0n) is 12.9. The first-order valence-corrected chi connectivity index (χ1v) is 7.25. The Hall–Kier alpha value is -1.84. The Labute approximate surface area is 138 Å². The van der Waals surface area contributed by atoms with Crippen LogP contribution in [0, 0.1) is 0 Å². The molecule has 0 amide bonds. The predicted molar refractivity (Wildman–Crippen MR) is 91.3 cm³/mol. The summed E-state index contributed by atoms with van der Waals surface area (Å²) in [6.07, 6.45) is 0. The highest BCUT2D eigenvalue weighted by molar-refractivity contribution is 5.89. The summed E-state index contributed by atoms with van der Waals surface area (Å²) in [5.41, 5.74) is 3.00. The lowest BCUT2D eigenvalue weighted by molar-refractivity contribution is 0.0526. The van der Waals surface area contributed by atoms with Gasteiger partial charge in [-0.05, 0) is 37.1 Å². The van der Waals surface area contributed by atoms with E-state index in [0.29, 0.717) is 12.2 Å². The maximum Gasteiger partial charge on any atom is 0.338 e. The van der Waals surface area contributed by atoms with Crippen molar-refractivity contribution in [3.63, 3.8) is 0 Å². The molecular formula is C18H22ClNO2. The van der Waals surface area contributed by atoms with E-state index in [-0.39, 0.29) is 24.4 Å². The fourth-order valence-electron chi connectivity index (χ4n) is 2.11. The molecule has 1 atom stereocenters. The third-order valence-electron chi connectivity index (χ3n) is 3.38. The highest BCUT2D eigenvalue weighted by Gasteiger charge is 2.08. The Bertz CT molecular complexity index is 569. The molecule has 0 unspecified atom stereocenters. The van der Waals surface area contributed by atoms with Crippen LogP contribution in [0.5, 0.6) is 0 Å². The Balaban J connectivity index is 0.00000242. The lowest BCUT2D eigenvalue weighted by Gasteiger charge is -2.14. The Morgan fingerprint density at radius 3 is 2.32 bits per heavy atom. The summed E-state index contributed by atoms with van der Waals surface area (Å²) in [7, 11) is 0. The quantitative estimate of drug-likeness (QED) is 0.813. The second-order valence-electron chi connectivity index (χ2n) is 4.93. The number of esters is 1. The molecule has 4 heteroatoms. The van der Waals surface area contributed by atoms with E-state index in [1.807, 2.05) is 49.4 Å². The molecule has 0 saturated carbocycles. The van der Waals surface area contributed by atoms with Crippen molar-refractivity contribution in [2.75, 3.05) is 6.61 Å². The van der Waals surface area contributed by atoms with E-state index in [4.69, 9.17) is 4.74 Å². The van der Waals surface area contributed by atoms with E-state index in [1.165, 1.54) is 5.56 Å². The summed E-state index contributed by atoms with van der Waals surface area (Å²) in [5, 5.41) is 3.47. The maximum absolute atomic E-state index is 11.6. The second kappa shape index (κ2) is 9.23. The molecule has 0 saturated heterocycles. The molecule has 2 aromatic rings. The number of hydrogen-bond acceptors (Lipinski definition) is 3. The molecule has 1 N–H and O–H groups in total. The van der Waals surface area contributed by atoms with Gasteiger partial charge in [0.05, 0.1) is 12.2 Å². The first kappa shape index (κ1) is 18.2. The highest BCUT2D eigenvalue weighted by Crippen LogP contribution is 2.15. The van der Waals surface area contributed by atoms with Crippen LogP contribution in [0.4, 0.5) is 0 Å². The van der Waals surface area contributed by atoms with Crippen LogP contribution >= 0.6 is 12.4 Å². The number of carbonyl (C=O) groups is 1. The van der Waals surface area contributed by atoms with Gasteiger partial charge in [0.15, 0.2) is 0 Å². The smallest absolute Gasteiger partial charge is 0.338 e. The van der Waals surface area contributed by atoms with Crippen LogP contribution in [0.1, 0.15) is 41.4 Å². The fourth-order valence-corrected chi connectivity index (χ4v) is 2.11. The molecule has 0 heterocycles. The van der Waals surface area contributed by atoms with E-state index in [1.54, 1.807) is 0 Å². The van der Waals surface area contributed by atoms with Gasteiger partial charge in [0.25, 0.3) is 0 Å². The van der Waals surface area contributed by atoms with Crippen LogP contribution in [-0.2, 0) is 11.3 Å². The zero-order chi connectivity index (χ0) is 15.1. The molecule has 0 spiro atoms. The summed E-state index contributed by atoms with van der Waals surface area (Å²) < 4.78 is 4.98. The van der Waals surface area contributed by atoms with Crippen molar-refractivity contribution in [3.05, 3.63) is 71.3 Å². The zero-order valence-corrected chi connectivity index (χ0v) is 13.7. The van der Waals surface area contributed by atoms with Gasteiger partial charge in [-0.3, -0.25) is 0 Å². The number of rotatable bonds is 6. The highest BCUT2D eigenvalue weighted by atomic mass is 35.5. The Morgan fingerprint density at radius 1 is 1.09 bits per heavy atom. The number of benzene rings is 2. The number of ether oxygens (including phenoxy) is 1. The van der Waals surface area contributed by atoms with Gasteiger partial charge in [0.2, 0.25) is 0 Å². The Morgan fingerprint density at radius 2 is 1.73 bits per heavy atom. The molecule has 118 valence electrons. The van der Waals surface area contributed by atoms with Crippen LogP contribution in [0.15, 0.2) is 54.6 Å². The van der Waals surface area contributed by atoms with Crippen molar-refractivity contribution in [2.24, 2.45) is 0 Å². The average Bonchev–Trinajstić information content (AvgIpc) is 2.54. The minimum atomic E-state index is -0.269. The van der Waals surface area contributed by atoms with Crippen molar-refractivity contribution in [1.29, 1.82) is 0 Å². The SMILES string of the molecule is CCOC(=O)c1ccc([C@H](C)NCc2ccccc2)cc1.Cl. The van der Waals surface area contributed by atoms with Crippen molar-refractivity contribution in [3.8, 4) is 0 Å². The van der Waals surface area contributed by atoms with Gasteiger partial charge >= 0.3 is 5.97 Å². The van der Waals surface area contributed by atoms with E-state index in [0.717, 1.165) is 12.1 Å². The molecule has 0 aliphatic rings. The van der Waals surface area contributed by atoms with Crippen LogP contribution in [-0.4, -0.2) is 12.6 Å². The second-order valence-corrected chi connectivity index (χ2v) is 4.93. The molecular weight excluding hydrogens is 298 g/mol. The average molecular weight is 320 g/mol. The maximum atomic E-state index is 11.6. The summed E-state index contributed by atoms with van der Waals surface area (Å²) in [6, 6.07) is 18.1. The summed E-state index contributed by atoms with van der Waals surface area (Å²) in [4.78, 5) is 11.6. The van der Waals surface area contributed by atoms with E-state index in [2.05, 4.69) is 24.4 Å². The lowest BCUT2D eigenvalue weighted by atomic mass is 10.1. The fraction of sp³-hybridized carbons (Fsp3) is 0.278. The molecule has 0 aliphatic carbocycles. The first-order chi connectivity index (χ1) is 10.2. The number of hydrogen-bond donors (Lipinski definition) is 1.